The second-order valence-electron chi connectivity index (χ2n) is 4.35. The second-order valence-corrected chi connectivity index (χ2v) is 5.61. The summed E-state index contributed by atoms with van der Waals surface area (Å²) in [6.07, 6.45) is 3.17. The third-order valence-electron chi connectivity index (χ3n) is 2.73. The van der Waals surface area contributed by atoms with Crippen LogP contribution in [0.5, 0.6) is 0 Å². The molecule has 0 aliphatic rings. The minimum Gasteiger partial charge on any atom is -0.348 e. The fraction of sp³-hybridized carbons (Fsp3) is 0.0625. The molecule has 0 atom stereocenters. The Balaban J connectivity index is 1.91. The molecule has 0 saturated carbocycles. The van der Waals surface area contributed by atoms with Gasteiger partial charge in [0.2, 0.25) is 5.91 Å². The first kappa shape index (κ1) is 15.9. The van der Waals surface area contributed by atoms with Crippen LogP contribution in [0.25, 0.3) is 6.08 Å². The smallest absolute Gasteiger partial charge is 0.244 e. The minimum absolute atomic E-state index is 0.193. The van der Waals surface area contributed by atoms with Crippen molar-refractivity contribution in [1.82, 2.24) is 5.32 Å². The van der Waals surface area contributed by atoms with Gasteiger partial charge in [0.25, 0.3) is 0 Å². The number of hydrogen-bond acceptors (Lipinski definition) is 1. The Morgan fingerprint density at radius 2 is 1.86 bits per heavy atom. The van der Waals surface area contributed by atoms with Crippen molar-refractivity contribution < 1.29 is 4.79 Å². The summed E-state index contributed by atoms with van der Waals surface area (Å²) in [5, 5.41) is 4.37. The Bertz CT molecular complexity index is 683. The Morgan fingerprint density at radius 1 is 1.05 bits per heavy atom. The zero-order valence-corrected chi connectivity index (χ0v) is 13.2. The van der Waals surface area contributed by atoms with Gasteiger partial charge in [-0.25, -0.2) is 0 Å². The molecule has 21 heavy (non-hydrogen) atoms. The summed E-state index contributed by atoms with van der Waals surface area (Å²) in [6, 6.07) is 12.5. The molecule has 0 fully saturated rings. The van der Waals surface area contributed by atoms with Gasteiger partial charge < -0.3 is 5.32 Å². The van der Waals surface area contributed by atoms with Crippen LogP contribution in [-0.4, -0.2) is 5.91 Å². The minimum atomic E-state index is -0.193. The highest BCUT2D eigenvalue weighted by Gasteiger charge is 2.01. The summed E-state index contributed by atoms with van der Waals surface area (Å²) in [7, 11) is 0. The van der Waals surface area contributed by atoms with Gasteiger partial charge in [-0.3, -0.25) is 4.79 Å². The topological polar surface area (TPSA) is 29.1 Å². The van der Waals surface area contributed by atoms with Crippen molar-refractivity contribution in [1.29, 1.82) is 0 Å². The van der Waals surface area contributed by atoms with E-state index in [0.717, 1.165) is 11.1 Å². The molecule has 0 aromatic heterocycles. The molecule has 2 aromatic rings. The highest BCUT2D eigenvalue weighted by atomic mass is 35.5. The van der Waals surface area contributed by atoms with Gasteiger partial charge in [0.15, 0.2) is 0 Å². The predicted octanol–water partition coefficient (Wildman–Crippen LogP) is 4.98. The quantitative estimate of drug-likeness (QED) is 0.782. The molecule has 2 aromatic carbocycles. The van der Waals surface area contributed by atoms with E-state index in [9.17, 15) is 4.79 Å². The van der Waals surface area contributed by atoms with Crippen molar-refractivity contribution in [3.8, 4) is 0 Å². The summed E-state index contributed by atoms with van der Waals surface area (Å²) in [5.74, 6) is -0.193. The number of hydrogen-bond donors (Lipinski definition) is 1. The van der Waals surface area contributed by atoms with Crippen molar-refractivity contribution in [3.63, 3.8) is 0 Å². The van der Waals surface area contributed by atoms with E-state index in [-0.39, 0.29) is 5.91 Å². The van der Waals surface area contributed by atoms with E-state index >= 15 is 0 Å². The van der Waals surface area contributed by atoms with Crippen LogP contribution < -0.4 is 5.32 Å². The number of nitrogens with one attached hydrogen (secondary N) is 1. The monoisotopic (exact) mass is 339 g/mol. The summed E-state index contributed by atoms with van der Waals surface area (Å²) in [6.45, 7) is 0.385. The van der Waals surface area contributed by atoms with Crippen molar-refractivity contribution in [3.05, 3.63) is 74.7 Å². The highest BCUT2D eigenvalue weighted by molar-refractivity contribution is 6.42. The Morgan fingerprint density at radius 3 is 2.57 bits per heavy atom. The molecule has 2 rings (SSSR count). The standard InChI is InChI=1S/C16H12Cl3NO/c17-13-3-1-2-11(8-13)5-7-16(21)20-10-12-4-6-14(18)15(19)9-12/h1-9H,10H2,(H,20,21). The SMILES string of the molecule is O=C(C=Cc1cccc(Cl)c1)NCc1ccc(Cl)c(Cl)c1. The largest absolute Gasteiger partial charge is 0.348 e. The third kappa shape index (κ3) is 5.09. The van der Waals surface area contributed by atoms with Crippen LogP contribution in [0.3, 0.4) is 0 Å². The van der Waals surface area contributed by atoms with E-state index in [1.807, 2.05) is 18.2 Å². The number of rotatable bonds is 4. The van der Waals surface area contributed by atoms with Crippen LogP contribution in [0, 0.1) is 0 Å². The lowest BCUT2D eigenvalue weighted by Gasteiger charge is -2.04. The van der Waals surface area contributed by atoms with E-state index in [4.69, 9.17) is 34.8 Å². The molecule has 108 valence electrons. The van der Waals surface area contributed by atoms with Gasteiger partial charge in [-0.05, 0) is 41.5 Å². The van der Waals surface area contributed by atoms with Crippen LogP contribution in [0.4, 0.5) is 0 Å². The van der Waals surface area contributed by atoms with Crippen LogP contribution >= 0.6 is 34.8 Å². The molecule has 0 aliphatic carbocycles. The molecule has 0 heterocycles. The number of carbonyl (C=O) groups excluding carboxylic acids is 1. The van der Waals surface area contributed by atoms with Gasteiger partial charge in [-0.1, -0.05) is 53.0 Å². The lowest BCUT2D eigenvalue weighted by molar-refractivity contribution is -0.116. The van der Waals surface area contributed by atoms with Gasteiger partial charge in [0.05, 0.1) is 10.0 Å². The van der Waals surface area contributed by atoms with E-state index in [1.165, 1.54) is 6.08 Å². The third-order valence-corrected chi connectivity index (χ3v) is 3.70. The van der Waals surface area contributed by atoms with E-state index in [0.29, 0.717) is 21.6 Å². The molecule has 1 N–H and O–H groups in total. The summed E-state index contributed by atoms with van der Waals surface area (Å²) in [5.41, 5.74) is 1.75. The zero-order valence-electron chi connectivity index (χ0n) is 10.9. The average Bonchev–Trinajstić information content (AvgIpc) is 2.46. The number of amides is 1. The van der Waals surface area contributed by atoms with Crippen molar-refractivity contribution in [2.45, 2.75) is 6.54 Å². The molecule has 1 amide bonds. The number of benzene rings is 2. The molecular weight excluding hydrogens is 329 g/mol. The maximum atomic E-state index is 11.7. The molecule has 0 radical (unpaired) electrons. The molecule has 2 nitrogen and oxygen atoms in total. The Hall–Kier alpha value is -1.48. The summed E-state index contributed by atoms with van der Waals surface area (Å²) in [4.78, 5) is 11.7. The average molecular weight is 341 g/mol. The van der Waals surface area contributed by atoms with Crippen molar-refractivity contribution in [2.24, 2.45) is 0 Å². The van der Waals surface area contributed by atoms with Crippen molar-refractivity contribution in [2.75, 3.05) is 0 Å². The van der Waals surface area contributed by atoms with Gasteiger partial charge in [-0.2, -0.15) is 0 Å². The van der Waals surface area contributed by atoms with Crippen LogP contribution in [0.1, 0.15) is 11.1 Å². The van der Waals surface area contributed by atoms with Gasteiger partial charge in [0.1, 0.15) is 0 Å². The van der Waals surface area contributed by atoms with Crippen LogP contribution in [0.15, 0.2) is 48.5 Å². The van der Waals surface area contributed by atoms with E-state index in [1.54, 1.807) is 30.3 Å². The molecule has 0 unspecified atom stereocenters. The van der Waals surface area contributed by atoms with Crippen molar-refractivity contribution >= 4 is 46.8 Å². The first-order valence-electron chi connectivity index (χ1n) is 6.20. The maximum absolute atomic E-state index is 11.7. The first-order valence-corrected chi connectivity index (χ1v) is 7.33. The van der Waals surface area contributed by atoms with E-state index in [2.05, 4.69) is 5.32 Å². The van der Waals surface area contributed by atoms with Gasteiger partial charge in [0, 0.05) is 17.6 Å². The van der Waals surface area contributed by atoms with Crippen LogP contribution in [-0.2, 0) is 11.3 Å². The molecule has 0 bridgehead atoms. The zero-order chi connectivity index (χ0) is 15.2. The first-order chi connectivity index (χ1) is 10.0. The molecular formula is C16H12Cl3NO. The predicted molar refractivity (Wildman–Crippen MR) is 88.8 cm³/mol. The fourth-order valence-electron chi connectivity index (χ4n) is 1.68. The summed E-state index contributed by atoms with van der Waals surface area (Å²) < 4.78 is 0. The van der Waals surface area contributed by atoms with E-state index < -0.39 is 0 Å². The lowest BCUT2D eigenvalue weighted by Crippen LogP contribution is -2.20. The second kappa shape index (κ2) is 7.51. The summed E-state index contributed by atoms with van der Waals surface area (Å²) >= 11 is 17.6. The maximum Gasteiger partial charge on any atom is 0.244 e. The van der Waals surface area contributed by atoms with Gasteiger partial charge in [-0.15, -0.1) is 0 Å². The normalized spacial score (nSPS) is 10.8. The fourth-order valence-corrected chi connectivity index (χ4v) is 2.20. The lowest BCUT2D eigenvalue weighted by atomic mass is 10.2. The van der Waals surface area contributed by atoms with Gasteiger partial charge >= 0.3 is 0 Å². The number of carbonyl (C=O) groups is 1. The van der Waals surface area contributed by atoms with Crippen LogP contribution in [0.2, 0.25) is 15.1 Å². The molecule has 0 saturated heterocycles. The molecule has 5 heteroatoms. The Kier molecular flexibility index (Phi) is 5.68. The Labute approximate surface area is 138 Å². The highest BCUT2D eigenvalue weighted by Crippen LogP contribution is 2.22. The molecule has 0 spiro atoms. The number of halogens is 3. The molecule has 0 aliphatic heterocycles.